The lowest BCUT2D eigenvalue weighted by molar-refractivity contribution is -0.189. The highest BCUT2D eigenvalue weighted by Crippen LogP contribution is 2.42. The monoisotopic (exact) mass is 492 g/mol. The van der Waals surface area contributed by atoms with E-state index in [4.69, 9.17) is 26.4 Å². The van der Waals surface area contributed by atoms with E-state index >= 15 is 0 Å². The van der Waals surface area contributed by atoms with Crippen LogP contribution < -0.4 is 4.74 Å². The van der Waals surface area contributed by atoms with Crippen LogP contribution >= 0.6 is 12.2 Å². The number of aromatic nitrogens is 4. The molecule has 0 bridgehead atoms. The van der Waals surface area contributed by atoms with E-state index < -0.39 is 40.8 Å². The summed E-state index contributed by atoms with van der Waals surface area (Å²) in [6.45, 7) is -0.194. The molecule has 3 heterocycles. The summed E-state index contributed by atoms with van der Waals surface area (Å²) in [5.74, 6) is -2.45. The minimum atomic E-state index is -4.92. The summed E-state index contributed by atoms with van der Waals surface area (Å²) in [4.78, 5) is 7.38. The van der Waals surface area contributed by atoms with Crippen LogP contribution in [0, 0.1) is 4.77 Å². The first kappa shape index (κ1) is 23.2. The number of nitrogens with one attached hydrogen (secondary N) is 1. The standard InChI is InChI=1S/C19H14F6N4O3S/c20-18(21,22)11-1-3-12(4-2-11)32-14-6-5-13(15(28-14)19(23,24)25)17(30-7-8-31-17)9-29-16(33)26-10-27-29/h1-6,10H,7-9H2,(H,26,27,33). The topological polar surface area (TPSA) is 74.2 Å². The summed E-state index contributed by atoms with van der Waals surface area (Å²) in [6.07, 6.45) is -8.21. The molecule has 1 N–H and O–H groups in total. The molecule has 176 valence electrons. The smallest absolute Gasteiger partial charge is 0.433 e. The van der Waals surface area contributed by atoms with Gasteiger partial charge in [0.1, 0.15) is 18.6 Å². The second kappa shape index (κ2) is 8.43. The lowest BCUT2D eigenvalue weighted by atomic mass is 10.0. The first-order chi connectivity index (χ1) is 15.5. The van der Waals surface area contributed by atoms with Gasteiger partial charge in [0, 0.05) is 11.6 Å². The van der Waals surface area contributed by atoms with E-state index in [1.54, 1.807) is 0 Å². The third-order valence-electron chi connectivity index (χ3n) is 4.69. The Morgan fingerprint density at radius 2 is 1.67 bits per heavy atom. The fraction of sp³-hybridized carbons (Fsp3) is 0.316. The number of hydrogen-bond donors (Lipinski definition) is 1. The largest absolute Gasteiger partial charge is 0.439 e. The molecule has 0 saturated carbocycles. The maximum absolute atomic E-state index is 13.9. The average Bonchev–Trinajstić information content (AvgIpc) is 3.37. The van der Waals surface area contributed by atoms with Crippen LogP contribution in [-0.2, 0) is 34.2 Å². The Morgan fingerprint density at radius 3 is 2.21 bits per heavy atom. The maximum Gasteiger partial charge on any atom is 0.433 e. The Kier molecular flexibility index (Phi) is 5.92. The lowest BCUT2D eigenvalue weighted by Gasteiger charge is -2.30. The van der Waals surface area contributed by atoms with Gasteiger partial charge in [0.05, 0.1) is 18.8 Å². The van der Waals surface area contributed by atoms with Crippen LogP contribution in [0.25, 0.3) is 0 Å². The van der Waals surface area contributed by atoms with Gasteiger partial charge in [-0.3, -0.25) is 9.78 Å². The summed E-state index contributed by atoms with van der Waals surface area (Å²) >= 11 is 5.03. The molecule has 0 atom stereocenters. The molecule has 1 fully saturated rings. The number of pyridine rings is 1. The van der Waals surface area contributed by atoms with E-state index in [-0.39, 0.29) is 30.3 Å². The fourth-order valence-corrected chi connectivity index (χ4v) is 3.41. The van der Waals surface area contributed by atoms with Crippen LogP contribution in [-0.4, -0.2) is 33.0 Å². The zero-order valence-corrected chi connectivity index (χ0v) is 17.2. The molecule has 14 heteroatoms. The Balaban J connectivity index is 1.70. The van der Waals surface area contributed by atoms with E-state index in [0.29, 0.717) is 0 Å². The van der Waals surface area contributed by atoms with Crippen molar-refractivity contribution < 1.29 is 40.6 Å². The van der Waals surface area contributed by atoms with Crippen molar-refractivity contribution in [1.29, 1.82) is 0 Å². The van der Waals surface area contributed by atoms with Crippen molar-refractivity contribution in [2.75, 3.05) is 13.2 Å². The van der Waals surface area contributed by atoms with Crippen LogP contribution in [0.15, 0.2) is 42.7 Å². The second-order valence-electron chi connectivity index (χ2n) is 6.87. The van der Waals surface area contributed by atoms with E-state index in [1.165, 1.54) is 11.0 Å². The fourth-order valence-electron chi connectivity index (χ4n) is 3.24. The van der Waals surface area contributed by atoms with Crippen LogP contribution in [0.3, 0.4) is 0 Å². The van der Waals surface area contributed by atoms with Gasteiger partial charge in [-0.1, -0.05) is 0 Å². The van der Waals surface area contributed by atoms with Crippen molar-refractivity contribution in [3.63, 3.8) is 0 Å². The van der Waals surface area contributed by atoms with Crippen molar-refractivity contribution in [2.45, 2.75) is 24.7 Å². The van der Waals surface area contributed by atoms with Gasteiger partial charge in [-0.25, -0.2) is 9.97 Å². The highest BCUT2D eigenvalue weighted by molar-refractivity contribution is 7.71. The minimum Gasteiger partial charge on any atom is -0.439 e. The Labute approximate surface area is 186 Å². The second-order valence-corrected chi connectivity index (χ2v) is 7.24. The zero-order valence-electron chi connectivity index (χ0n) is 16.4. The number of ether oxygens (including phenoxy) is 3. The molecule has 7 nitrogen and oxygen atoms in total. The quantitative estimate of drug-likeness (QED) is 0.396. The third kappa shape index (κ3) is 4.86. The van der Waals surface area contributed by atoms with Gasteiger partial charge in [-0.15, -0.1) is 0 Å². The first-order valence-corrected chi connectivity index (χ1v) is 9.71. The highest BCUT2D eigenvalue weighted by atomic mass is 32.1. The van der Waals surface area contributed by atoms with Crippen LogP contribution in [0.2, 0.25) is 0 Å². The number of aromatic amines is 1. The van der Waals surface area contributed by atoms with E-state index in [0.717, 1.165) is 36.4 Å². The first-order valence-electron chi connectivity index (χ1n) is 9.30. The van der Waals surface area contributed by atoms with E-state index in [1.807, 2.05) is 0 Å². The molecule has 0 radical (unpaired) electrons. The van der Waals surface area contributed by atoms with E-state index in [2.05, 4.69) is 15.1 Å². The predicted octanol–water partition coefficient (Wildman–Crippen LogP) is 5.07. The van der Waals surface area contributed by atoms with Gasteiger partial charge in [0.2, 0.25) is 16.4 Å². The van der Waals surface area contributed by atoms with E-state index in [9.17, 15) is 26.3 Å². The van der Waals surface area contributed by atoms with Gasteiger partial charge in [-0.05, 0) is 42.5 Å². The predicted molar refractivity (Wildman–Crippen MR) is 102 cm³/mol. The summed E-state index contributed by atoms with van der Waals surface area (Å²) in [6, 6.07) is 5.68. The molecule has 0 spiro atoms. The van der Waals surface area contributed by atoms with Gasteiger partial charge in [-0.2, -0.15) is 26.3 Å². The summed E-state index contributed by atoms with van der Waals surface area (Å²) in [5.41, 5.74) is -2.67. The lowest BCUT2D eigenvalue weighted by Crippen LogP contribution is -2.36. The normalized spacial score (nSPS) is 16.2. The van der Waals surface area contributed by atoms with Crippen molar-refractivity contribution in [3.05, 3.63) is 64.3 Å². The average molecular weight is 492 g/mol. The molecule has 0 aliphatic carbocycles. The van der Waals surface area contributed by atoms with Gasteiger partial charge < -0.3 is 14.2 Å². The zero-order chi connectivity index (χ0) is 23.9. The molecule has 33 heavy (non-hydrogen) atoms. The molecule has 1 aliphatic rings. The molecule has 0 unspecified atom stereocenters. The Bertz CT molecular complexity index is 1180. The molecule has 0 amide bonds. The number of hydrogen-bond acceptors (Lipinski definition) is 6. The van der Waals surface area contributed by atoms with Crippen LogP contribution in [0.1, 0.15) is 16.8 Å². The number of benzene rings is 1. The van der Waals surface area contributed by atoms with Gasteiger partial charge in [0.15, 0.2) is 5.69 Å². The molecule has 1 saturated heterocycles. The highest BCUT2D eigenvalue weighted by Gasteiger charge is 2.48. The van der Waals surface area contributed by atoms with Crippen LogP contribution in [0.4, 0.5) is 26.3 Å². The summed E-state index contributed by atoms with van der Waals surface area (Å²) < 4.78 is 97.7. The number of H-pyrrole nitrogens is 1. The van der Waals surface area contributed by atoms with Crippen molar-refractivity contribution >= 4 is 12.2 Å². The molecule has 1 aromatic carbocycles. The van der Waals surface area contributed by atoms with Crippen molar-refractivity contribution in [2.24, 2.45) is 0 Å². The van der Waals surface area contributed by atoms with Crippen molar-refractivity contribution in [1.82, 2.24) is 19.7 Å². The van der Waals surface area contributed by atoms with Gasteiger partial charge in [0.25, 0.3) is 0 Å². The molecule has 2 aromatic heterocycles. The molecular formula is C19H14F6N4O3S. The van der Waals surface area contributed by atoms with Crippen LogP contribution in [0.5, 0.6) is 11.6 Å². The number of rotatable bonds is 5. The molecule has 4 rings (SSSR count). The van der Waals surface area contributed by atoms with Gasteiger partial charge >= 0.3 is 12.4 Å². The van der Waals surface area contributed by atoms with Crippen molar-refractivity contribution in [3.8, 4) is 11.6 Å². The Hall–Kier alpha value is -2.97. The third-order valence-corrected chi connectivity index (χ3v) is 5.02. The molecule has 1 aliphatic heterocycles. The maximum atomic E-state index is 13.9. The summed E-state index contributed by atoms with van der Waals surface area (Å²) in [7, 11) is 0. The summed E-state index contributed by atoms with van der Waals surface area (Å²) in [5, 5.41) is 2.68. The minimum absolute atomic E-state index is 0.0303. The molecular weight excluding hydrogens is 478 g/mol. The number of nitrogens with zero attached hydrogens (tertiary/aromatic N) is 3. The number of halogens is 6. The number of alkyl halides is 6. The SMILES string of the molecule is FC(F)(F)c1ccc(Oc2ccc(C3(Cn4[nH]cnc4=S)OCCO3)c(C(F)(F)F)n2)cc1. The molecule has 3 aromatic rings. The Morgan fingerprint density at radius 1 is 1.00 bits per heavy atom.